The Hall–Kier alpha value is -0.520. The van der Waals surface area contributed by atoms with E-state index in [4.69, 9.17) is 0 Å². The molecule has 0 aromatic rings. The van der Waals surface area contributed by atoms with Crippen molar-refractivity contribution in [3.8, 4) is 0 Å². The Bertz CT molecular complexity index is 161. The van der Waals surface area contributed by atoms with Gasteiger partial charge in [0, 0.05) is 0 Å². The zero-order valence-corrected chi connectivity index (χ0v) is 6.91. The molecule has 10 heavy (non-hydrogen) atoms. The van der Waals surface area contributed by atoms with Gasteiger partial charge in [0.1, 0.15) is 0 Å². The lowest BCUT2D eigenvalue weighted by atomic mass is 10.1. The molecule has 0 atom stereocenters. The monoisotopic (exact) mass is 135 g/mol. The van der Waals surface area contributed by atoms with Crippen LogP contribution in [0.25, 0.3) is 0 Å². The van der Waals surface area contributed by atoms with Gasteiger partial charge in [0.15, 0.2) is 0 Å². The largest absolute Gasteiger partial charge is 0.0658 e. The molecule has 0 saturated heterocycles. The minimum atomic E-state index is 1.09. The van der Waals surface area contributed by atoms with E-state index >= 15 is 0 Å². The Labute approximate surface area is 63.6 Å². The van der Waals surface area contributed by atoms with Crippen molar-refractivity contribution < 1.29 is 0 Å². The fourth-order valence-electron chi connectivity index (χ4n) is 1.23. The molecule has 1 rings (SSSR count). The summed E-state index contributed by atoms with van der Waals surface area (Å²) in [6.07, 6.45) is 10.4. The molecular formula is C10H15. The molecule has 1 radical (unpaired) electrons. The molecule has 55 valence electrons. The summed E-state index contributed by atoms with van der Waals surface area (Å²) in [7, 11) is 0. The molecule has 0 heteroatoms. The van der Waals surface area contributed by atoms with Crippen LogP contribution in [0.2, 0.25) is 0 Å². The van der Waals surface area contributed by atoms with Crippen molar-refractivity contribution >= 4 is 0 Å². The first-order valence-corrected chi connectivity index (χ1v) is 4.16. The second-order valence-corrected chi connectivity index (χ2v) is 2.78. The van der Waals surface area contributed by atoms with E-state index in [1.54, 1.807) is 5.57 Å². The highest BCUT2D eigenvalue weighted by Crippen LogP contribution is 2.21. The molecule has 0 spiro atoms. The number of hydrogen-bond acceptors (Lipinski definition) is 0. The Morgan fingerprint density at radius 3 is 2.80 bits per heavy atom. The first-order chi connectivity index (χ1) is 4.86. The van der Waals surface area contributed by atoms with Gasteiger partial charge in [0.05, 0.1) is 0 Å². The van der Waals surface area contributed by atoms with Crippen LogP contribution in [0, 0.1) is 6.08 Å². The van der Waals surface area contributed by atoms with Gasteiger partial charge >= 0.3 is 0 Å². The summed E-state index contributed by atoms with van der Waals surface area (Å²) in [5.41, 5.74) is 2.97. The summed E-state index contributed by atoms with van der Waals surface area (Å²) >= 11 is 0. The quantitative estimate of drug-likeness (QED) is 0.557. The zero-order valence-electron chi connectivity index (χ0n) is 6.91. The third kappa shape index (κ3) is 1.73. The Kier molecular flexibility index (Phi) is 2.73. The van der Waals surface area contributed by atoms with Gasteiger partial charge < -0.3 is 0 Å². The highest BCUT2D eigenvalue weighted by atomic mass is 14.1. The fourth-order valence-corrected chi connectivity index (χ4v) is 1.23. The van der Waals surface area contributed by atoms with Crippen LogP contribution in [0.3, 0.4) is 0 Å². The predicted octanol–water partition coefficient (Wildman–Crippen LogP) is 3.26. The van der Waals surface area contributed by atoms with Crippen molar-refractivity contribution in [3.63, 3.8) is 0 Å². The molecular weight excluding hydrogens is 120 g/mol. The minimum Gasteiger partial charge on any atom is -0.0658 e. The van der Waals surface area contributed by atoms with E-state index in [0.29, 0.717) is 0 Å². The van der Waals surface area contributed by atoms with Gasteiger partial charge in [-0.05, 0) is 30.9 Å². The van der Waals surface area contributed by atoms with Crippen LogP contribution in [-0.4, -0.2) is 0 Å². The van der Waals surface area contributed by atoms with E-state index in [1.165, 1.54) is 24.8 Å². The van der Waals surface area contributed by atoms with Crippen molar-refractivity contribution in [2.24, 2.45) is 0 Å². The van der Waals surface area contributed by atoms with Crippen molar-refractivity contribution in [3.05, 3.63) is 23.3 Å². The SMILES string of the molecule is CCCC1=[C]CC(CC)=C1. The third-order valence-electron chi connectivity index (χ3n) is 1.89. The summed E-state index contributed by atoms with van der Waals surface area (Å²) in [5.74, 6) is 0. The van der Waals surface area contributed by atoms with E-state index in [0.717, 1.165) is 6.42 Å². The fraction of sp³-hybridized carbons (Fsp3) is 0.600. The molecule has 0 aliphatic heterocycles. The van der Waals surface area contributed by atoms with Crippen LogP contribution in [-0.2, 0) is 0 Å². The molecule has 0 aromatic carbocycles. The molecule has 0 bridgehead atoms. The van der Waals surface area contributed by atoms with Crippen molar-refractivity contribution in [1.82, 2.24) is 0 Å². The molecule has 0 amide bonds. The van der Waals surface area contributed by atoms with Gasteiger partial charge in [-0.3, -0.25) is 0 Å². The van der Waals surface area contributed by atoms with Gasteiger partial charge in [-0.15, -0.1) is 0 Å². The molecule has 0 aromatic heterocycles. The second kappa shape index (κ2) is 3.60. The molecule has 1 aliphatic carbocycles. The van der Waals surface area contributed by atoms with Gasteiger partial charge in [0.2, 0.25) is 0 Å². The highest BCUT2D eigenvalue weighted by molar-refractivity contribution is 5.28. The summed E-state index contributed by atoms with van der Waals surface area (Å²) in [4.78, 5) is 0. The molecule has 0 unspecified atom stereocenters. The molecule has 0 nitrogen and oxygen atoms in total. The molecule has 0 fully saturated rings. The average molecular weight is 135 g/mol. The van der Waals surface area contributed by atoms with Crippen LogP contribution in [0.5, 0.6) is 0 Å². The summed E-state index contributed by atoms with van der Waals surface area (Å²) in [6, 6.07) is 0. The van der Waals surface area contributed by atoms with Crippen LogP contribution in [0.15, 0.2) is 17.2 Å². The zero-order chi connectivity index (χ0) is 7.40. The van der Waals surface area contributed by atoms with Crippen LogP contribution < -0.4 is 0 Å². The molecule has 0 saturated carbocycles. The highest BCUT2D eigenvalue weighted by Gasteiger charge is 2.03. The third-order valence-corrected chi connectivity index (χ3v) is 1.89. The van der Waals surface area contributed by atoms with E-state index in [1.807, 2.05) is 0 Å². The minimum absolute atomic E-state index is 1.09. The molecule has 0 N–H and O–H groups in total. The Morgan fingerprint density at radius 1 is 1.50 bits per heavy atom. The van der Waals surface area contributed by atoms with E-state index in [-0.39, 0.29) is 0 Å². The number of hydrogen-bond donors (Lipinski definition) is 0. The average Bonchev–Trinajstić information content (AvgIpc) is 2.37. The summed E-state index contributed by atoms with van der Waals surface area (Å²) in [6.45, 7) is 4.43. The van der Waals surface area contributed by atoms with Crippen LogP contribution in [0.1, 0.15) is 39.5 Å². The smallest absolute Gasteiger partial charge is 0.00583 e. The predicted molar refractivity (Wildman–Crippen MR) is 44.7 cm³/mol. The lowest BCUT2D eigenvalue weighted by molar-refractivity contribution is 0.924. The van der Waals surface area contributed by atoms with E-state index in [2.05, 4.69) is 26.0 Å². The van der Waals surface area contributed by atoms with Crippen LogP contribution in [0.4, 0.5) is 0 Å². The Morgan fingerprint density at radius 2 is 2.30 bits per heavy atom. The van der Waals surface area contributed by atoms with E-state index < -0.39 is 0 Å². The normalized spacial score (nSPS) is 17.0. The topological polar surface area (TPSA) is 0 Å². The maximum atomic E-state index is 3.38. The van der Waals surface area contributed by atoms with Gasteiger partial charge in [-0.2, -0.15) is 0 Å². The molecule has 1 aliphatic rings. The van der Waals surface area contributed by atoms with Gasteiger partial charge in [-0.25, -0.2) is 0 Å². The second-order valence-electron chi connectivity index (χ2n) is 2.78. The summed E-state index contributed by atoms with van der Waals surface area (Å²) in [5, 5.41) is 0. The Balaban J connectivity index is 2.42. The molecule has 0 heterocycles. The lowest BCUT2D eigenvalue weighted by Crippen LogP contribution is -1.72. The van der Waals surface area contributed by atoms with Crippen molar-refractivity contribution in [1.29, 1.82) is 0 Å². The summed E-state index contributed by atoms with van der Waals surface area (Å²) < 4.78 is 0. The number of rotatable bonds is 3. The lowest BCUT2D eigenvalue weighted by Gasteiger charge is -1.92. The van der Waals surface area contributed by atoms with Crippen LogP contribution >= 0.6 is 0 Å². The van der Waals surface area contributed by atoms with E-state index in [9.17, 15) is 0 Å². The van der Waals surface area contributed by atoms with Gasteiger partial charge in [-0.1, -0.05) is 31.9 Å². The first-order valence-electron chi connectivity index (χ1n) is 4.16. The number of allylic oxidation sites excluding steroid dienone is 4. The maximum Gasteiger partial charge on any atom is -0.00583 e. The van der Waals surface area contributed by atoms with Gasteiger partial charge in [0.25, 0.3) is 0 Å². The van der Waals surface area contributed by atoms with Crippen molar-refractivity contribution in [2.45, 2.75) is 39.5 Å². The van der Waals surface area contributed by atoms with Crippen molar-refractivity contribution in [2.75, 3.05) is 0 Å². The maximum absolute atomic E-state index is 3.38. The first kappa shape index (κ1) is 7.59. The standard InChI is InChI=1S/C10H15/c1-3-5-10-7-6-9(4-2)8-10/h8H,3-6H2,1-2H3.